The molecule has 2 nitrogen and oxygen atoms in total. The lowest BCUT2D eigenvalue weighted by atomic mass is 9.87. The summed E-state index contributed by atoms with van der Waals surface area (Å²) in [7, 11) is 0. The van der Waals surface area contributed by atoms with E-state index in [1.54, 1.807) is 6.92 Å². The van der Waals surface area contributed by atoms with Crippen LogP contribution < -0.4 is 5.32 Å². The molecule has 1 aliphatic carbocycles. The molecule has 2 heteroatoms. The number of hydrogen-bond donors (Lipinski definition) is 1. The van der Waals surface area contributed by atoms with E-state index < -0.39 is 0 Å². The van der Waals surface area contributed by atoms with Gasteiger partial charge in [0.05, 0.1) is 0 Å². The first-order chi connectivity index (χ1) is 7.15. The number of amides is 1. The molecule has 0 radical (unpaired) electrons. The highest BCUT2D eigenvalue weighted by Crippen LogP contribution is 2.22. The molecule has 0 spiro atoms. The summed E-state index contributed by atoms with van der Waals surface area (Å²) in [6, 6.07) is 6.95. The Kier molecular flexibility index (Phi) is 2.76. The Morgan fingerprint density at radius 1 is 1.40 bits per heavy atom. The second-order valence-corrected chi connectivity index (χ2v) is 4.41. The van der Waals surface area contributed by atoms with Gasteiger partial charge < -0.3 is 5.32 Å². The number of aryl methyl sites for hydroxylation is 2. The molecule has 1 N–H and O–H groups in total. The van der Waals surface area contributed by atoms with Gasteiger partial charge in [-0.25, -0.2) is 0 Å². The highest BCUT2D eigenvalue weighted by Gasteiger charge is 2.18. The summed E-state index contributed by atoms with van der Waals surface area (Å²) >= 11 is 0. The zero-order valence-electron chi connectivity index (χ0n) is 9.34. The number of nitrogens with one attached hydrogen (secondary N) is 1. The van der Waals surface area contributed by atoms with Gasteiger partial charge in [-0.15, -0.1) is 0 Å². The smallest absolute Gasteiger partial charge is 0.217 e. The van der Waals surface area contributed by atoms with Crippen LogP contribution in [0.4, 0.5) is 0 Å². The molecule has 0 aromatic heterocycles. The zero-order chi connectivity index (χ0) is 10.8. The summed E-state index contributed by atoms with van der Waals surface area (Å²) in [5.41, 5.74) is 4.15. The van der Waals surface area contributed by atoms with Crippen molar-refractivity contribution in [1.82, 2.24) is 5.32 Å². The van der Waals surface area contributed by atoms with E-state index >= 15 is 0 Å². The van der Waals surface area contributed by atoms with Crippen LogP contribution in [-0.4, -0.2) is 11.9 Å². The third kappa shape index (κ3) is 2.38. The molecular formula is C13H17NO. The average molecular weight is 203 g/mol. The average Bonchev–Trinajstić information content (AvgIpc) is 2.16. The summed E-state index contributed by atoms with van der Waals surface area (Å²) in [5, 5.41) is 3.00. The van der Waals surface area contributed by atoms with Crippen molar-refractivity contribution >= 4 is 5.91 Å². The van der Waals surface area contributed by atoms with Gasteiger partial charge in [0.25, 0.3) is 0 Å². The van der Waals surface area contributed by atoms with E-state index in [0.717, 1.165) is 19.3 Å². The first kappa shape index (κ1) is 10.2. The lowest BCUT2D eigenvalue weighted by Crippen LogP contribution is -2.37. The Morgan fingerprint density at radius 3 is 2.93 bits per heavy atom. The highest BCUT2D eigenvalue weighted by atomic mass is 16.1. The number of carbonyl (C=O) groups excluding carboxylic acids is 1. The molecule has 0 aliphatic heterocycles. The molecule has 2 rings (SSSR count). The summed E-state index contributed by atoms with van der Waals surface area (Å²) in [5.74, 6) is 0.0797. The summed E-state index contributed by atoms with van der Waals surface area (Å²) in [6.45, 7) is 3.70. The fraction of sp³-hybridized carbons (Fsp3) is 0.462. The molecule has 0 unspecified atom stereocenters. The van der Waals surface area contributed by atoms with E-state index in [4.69, 9.17) is 0 Å². The fourth-order valence-corrected chi connectivity index (χ4v) is 2.30. The van der Waals surface area contributed by atoms with Crippen molar-refractivity contribution in [2.75, 3.05) is 0 Å². The van der Waals surface area contributed by atoms with Crippen LogP contribution in [-0.2, 0) is 17.6 Å². The van der Waals surface area contributed by atoms with Gasteiger partial charge in [0, 0.05) is 13.0 Å². The lowest BCUT2D eigenvalue weighted by Gasteiger charge is -2.25. The molecule has 1 aromatic carbocycles. The molecule has 1 atom stereocenters. The van der Waals surface area contributed by atoms with Gasteiger partial charge in [-0.05, 0) is 37.3 Å². The van der Waals surface area contributed by atoms with Crippen molar-refractivity contribution < 1.29 is 4.79 Å². The second kappa shape index (κ2) is 4.05. The molecule has 0 bridgehead atoms. The van der Waals surface area contributed by atoms with Gasteiger partial charge in [0.2, 0.25) is 5.91 Å². The summed E-state index contributed by atoms with van der Waals surface area (Å²) < 4.78 is 0. The van der Waals surface area contributed by atoms with Gasteiger partial charge in [0.15, 0.2) is 0 Å². The molecule has 0 saturated carbocycles. The quantitative estimate of drug-likeness (QED) is 0.743. The van der Waals surface area contributed by atoms with Crippen LogP contribution in [0.1, 0.15) is 30.0 Å². The van der Waals surface area contributed by atoms with E-state index in [2.05, 4.69) is 30.4 Å². The van der Waals surface area contributed by atoms with E-state index in [0.29, 0.717) is 6.04 Å². The number of benzene rings is 1. The number of carbonyl (C=O) groups is 1. The van der Waals surface area contributed by atoms with Crippen molar-refractivity contribution in [3.05, 3.63) is 34.9 Å². The Labute approximate surface area is 90.7 Å². The van der Waals surface area contributed by atoms with Crippen LogP contribution >= 0.6 is 0 Å². The van der Waals surface area contributed by atoms with Crippen LogP contribution in [0.2, 0.25) is 0 Å². The minimum absolute atomic E-state index is 0.0797. The molecule has 0 heterocycles. The van der Waals surface area contributed by atoms with Crippen LogP contribution in [0.5, 0.6) is 0 Å². The first-order valence-corrected chi connectivity index (χ1v) is 5.50. The van der Waals surface area contributed by atoms with E-state index in [9.17, 15) is 4.79 Å². The zero-order valence-corrected chi connectivity index (χ0v) is 9.34. The van der Waals surface area contributed by atoms with Crippen LogP contribution in [0.3, 0.4) is 0 Å². The molecule has 0 fully saturated rings. The third-order valence-electron chi connectivity index (χ3n) is 3.00. The molecule has 1 amide bonds. The van der Waals surface area contributed by atoms with Gasteiger partial charge in [-0.1, -0.05) is 23.8 Å². The van der Waals surface area contributed by atoms with Crippen molar-refractivity contribution in [3.8, 4) is 0 Å². The lowest BCUT2D eigenvalue weighted by molar-refractivity contribution is -0.119. The fourth-order valence-electron chi connectivity index (χ4n) is 2.30. The highest BCUT2D eigenvalue weighted by molar-refractivity contribution is 5.73. The SMILES string of the molecule is CC(=O)N[C@H]1CCc2ccc(C)cc2C1. The standard InChI is InChI=1S/C13H17NO/c1-9-3-4-11-5-6-13(14-10(2)15)8-12(11)7-9/h3-4,7,13H,5-6,8H2,1-2H3,(H,14,15)/t13-/m0/s1. The predicted molar refractivity (Wildman–Crippen MR) is 60.8 cm³/mol. The van der Waals surface area contributed by atoms with E-state index in [1.165, 1.54) is 16.7 Å². The van der Waals surface area contributed by atoms with Crippen molar-refractivity contribution in [3.63, 3.8) is 0 Å². The minimum Gasteiger partial charge on any atom is -0.353 e. The molecule has 15 heavy (non-hydrogen) atoms. The number of rotatable bonds is 1. The van der Waals surface area contributed by atoms with Crippen molar-refractivity contribution in [2.24, 2.45) is 0 Å². The van der Waals surface area contributed by atoms with Crippen LogP contribution in [0.15, 0.2) is 18.2 Å². The first-order valence-electron chi connectivity index (χ1n) is 5.50. The maximum atomic E-state index is 11.0. The summed E-state index contributed by atoms with van der Waals surface area (Å²) in [6.07, 6.45) is 3.13. The predicted octanol–water partition coefficient (Wildman–Crippen LogP) is 1.99. The Hall–Kier alpha value is -1.31. The summed E-state index contributed by atoms with van der Waals surface area (Å²) in [4.78, 5) is 11.0. The molecule has 80 valence electrons. The number of fused-ring (bicyclic) bond motifs is 1. The monoisotopic (exact) mass is 203 g/mol. The van der Waals surface area contributed by atoms with Crippen molar-refractivity contribution in [1.29, 1.82) is 0 Å². The second-order valence-electron chi connectivity index (χ2n) is 4.41. The molecular weight excluding hydrogens is 186 g/mol. The van der Waals surface area contributed by atoms with E-state index in [-0.39, 0.29) is 5.91 Å². The van der Waals surface area contributed by atoms with E-state index in [1.807, 2.05) is 0 Å². The molecule has 0 saturated heterocycles. The largest absolute Gasteiger partial charge is 0.353 e. The van der Waals surface area contributed by atoms with Gasteiger partial charge in [-0.3, -0.25) is 4.79 Å². The molecule has 1 aliphatic rings. The number of hydrogen-bond acceptors (Lipinski definition) is 1. The Bertz CT molecular complexity index is 384. The topological polar surface area (TPSA) is 29.1 Å². The maximum Gasteiger partial charge on any atom is 0.217 e. The maximum absolute atomic E-state index is 11.0. The van der Waals surface area contributed by atoms with Gasteiger partial charge in [0.1, 0.15) is 0 Å². The Balaban J connectivity index is 2.14. The Morgan fingerprint density at radius 2 is 2.20 bits per heavy atom. The van der Waals surface area contributed by atoms with Gasteiger partial charge >= 0.3 is 0 Å². The van der Waals surface area contributed by atoms with Gasteiger partial charge in [-0.2, -0.15) is 0 Å². The normalized spacial score (nSPS) is 19.5. The third-order valence-corrected chi connectivity index (χ3v) is 3.00. The minimum atomic E-state index is 0.0797. The van der Waals surface area contributed by atoms with Crippen LogP contribution in [0, 0.1) is 6.92 Å². The molecule has 1 aromatic rings. The van der Waals surface area contributed by atoms with Crippen LogP contribution in [0.25, 0.3) is 0 Å². The van der Waals surface area contributed by atoms with Crippen molar-refractivity contribution in [2.45, 2.75) is 39.2 Å².